The van der Waals surface area contributed by atoms with Crippen LogP contribution in [0.25, 0.3) is 0 Å². The zero-order valence-corrected chi connectivity index (χ0v) is 28.4. The number of anilines is 1. The number of rotatable bonds is 12. The van der Waals surface area contributed by atoms with E-state index in [0.29, 0.717) is 21.0 Å². The van der Waals surface area contributed by atoms with Crippen LogP contribution in [0.4, 0.5) is 18.9 Å². The summed E-state index contributed by atoms with van der Waals surface area (Å²) in [6.45, 7) is 0.776. The van der Waals surface area contributed by atoms with Gasteiger partial charge >= 0.3 is 6.18 Å². The predicted molar refractivity (Wildman–Crippen MR) is 183 cm³/mol. The Bertz CT molecular complexity index is 1870. The third-order valence-corrected chi connectivity index (χ3v) is 10.6. The fraction of sp³-hybridized carbons (Fsp3) is 0.297. The average Bonchev–Trinajstić information content (AvgIpc) is 3.58. The van der Waals surface area contributed by atoms with Gasteiger partial charge in [0.25, 0.3) is 10.0 Å². The molecule has 1 N–H and O–H groups in total. The number of carbonyl (C=O) groups excluding carboxylic acids is 2. The molecule has 4 aromatic rings. The lowest BCUT2D eigenvalue weighted by Crippen LogP contribution is -2.54. The molecule has 0 heterocycles. The molecule has 0 aliphatic heterocycles. The van der Waals surface area contributed by atoms with Crippen molar-refractivity contribution >= 4 is 39.1 Å². The number of carbonyl (C=O) groups is 2. The molecule has 7 nitrogen and oxygen atoms in total. The van der Waals surface area contributed by atoms with Gasteiger partial charge in [-0.25, -0.2) is 8.42 Å². The molecule has 0 unspecified atom stereocenters. The normalized spacial score (nSPS) is 14.3. The highest BCUT2D eigenvalue weighted by Gasteiger charge is 2.37. The average molecular weight is 712 g/mol. The molecule has 1 atom stereocenters. The van der Waals surface area contributed by atoms with Gasteiger partial charge in [-0.05, 0) is 73.4 Å². The first-order valence-electron chi connectivity index (χ1n) is 16.0. The van der Waals surface area contributed by atoms with Gasteiger partial charge in [-0.15, -0.1) is 0 Å². The highest BCUT2D eigenvalue weighted by atomic mass is 35.5. The summed E-state index contributed by atoms with van der Waals surface area (Å²) in [6, 6.07) is 24.3. The molecular weight excluding hydrogens is 675 g/mol. The van der Waals surface area contributed by atoms with Crippen molar-refractivity contribution in [2.24, 2.45) is 0 Å². The number of hydrogen-bond donors (Lipinski definition) is 1. The first-order valence-corrected chi connectivity index (χ1v) is 17.8. The van der Waals surface area contributed by atoms with Gasteiger partial charge in [-0.3, -0.25) is 13.9 Å². The first-order chi connectivity index (χ1) is 23.3. The van der Waals surface area contributed by atoms with Crippen LogP contribution in [0.15, 0.2) is 108 Å². The number of sulfonamides is 1. The summed E-state index contributed by atoms with van der Waals surface area (Å²) in [4.78, 5) is 29.8. The van der Waals surface area contributed by atoms with Crippen molar-refractivity contribution in [3.63, 3.8) is 0 Å². The second-order valence-electron chi connectivity index (χ2n) is 12.2. The van der Waals surface area contributed by atoms with Crippen LogP contribution < -0.4 is 9.62 Å². The molecule has 0 bridgehead atoms. The summed E-state index contributed by atoms with van der Waals surface area (Å²) >= 11 is 6.29. The highest BCUT2D eigenvalue weighted by Crippen LogP contribution is 2.33. The SMILES string of the molecule is Cc1ccc(S(=O)(=O)N(CC(=O)N(Cc2cccc(Cl)c2)[C@@H](Cc2ccccc2)C(=O)NC2CCCC2)c2cccc(C(F)(F)F)c2)cc1. The highest BCUT2D eigenvalue weighted by molar-refractivity contribution is 7.92. The molecule has 258 valence electrons. The van der Waals surface area contributed by atoms with E-state index in [9.17, 15) is 31.2 Å². The minimum atomic E-state index is -4.77. The lowest BCUT2D eigenvalue weighted by atomic mass is 10.0. The van der Waals surface area contributed by atoms with E-state index in [1.54, 1.807) is 43.3 Å². The fourth-order valence-electron chi connectivity index (χ4n) is 5.96. The van der Waals surface area contributed by atoms with Gasteiger partial charge in [-0.1, -0.05) is 90.7 Å². The number of nitrogens with one attached hydrogen (secondary N) is 1. The van der Waals surface area contributed by atoms with Gasteiger partial charge in [-0.2, -0.15) is 13.2 Å². The van der Waals surface area contributed by atoms with Gasteiger partial charge in [0.05, 0.1) is 16.1 Å². The molecule has 12 heteroatoms. The maximum absolute atomic E-state index is 14.6. The summed E-state index contributed by atoms with van der Waals surface area (Å²) in [6.07, 6.45) is -1.14. The number of hydrogen-bond acceptors (Lipinski definition) is 4. The Morgan fingerprint density at radius 1 is 0.878 bits per heavy atom. The summed E-state index contributed by atoms with van der Waals surface area (Å²) in [5.74, 6) is -1.19. The third kappa shape index (κ3) is 9.21. The van der Waals surface area contributed by atoms with Gasteiger partial charge in [0.2, 0.25) is 11.8 Å². The van der Waals surface area contributed by atoms with E-state index in [0.717, 1.165) is 48.9 Å². The molecule has 5 rings (SSSR count). The molecule has 1 saturated carbocycles. The lowest BCUT2D eigenvalue weighted by Gasteiger charge is -2.34. The summed E-state index contributed by atoms with van der Waals surface area (Å²) in [7, 11) is -4.57. The van der Waals surface area contributed by atoms with Crippen LogP contribution in [0.5, 0.6) is 0 Å². The molecule has 0 radical (unpaired) electrons. The Labute approximate surface area is 289 Å². The van der Waals surface area contributed by atoms with E-state index < -0.39 is 46.2 Å². The van der Waals surface area contributed by atoms with Crippen LogP contribution in [0.1, 0.15) is 47.9 Å². The minimum absolute atomic E-state index is 0.0718. The van der Waals surface area contributed by atoms with Crippen LogP contribution >= 0.6 is 11.6 Å². The fourth-order valence-corrected chi connectivity index (χ4v) is 7.58. The molecule has 0 saturated heterocycles. The van der Waals surface area contributed by atoms with E-state index >= 15 is 0 Å². The van der Waals surface area contributed by atoms with Gasteiger partial charge in [0.1, 0.15) is 12.6 Å². The smallest absolute Gasteiger partial charge is 0.352 e. The van der Waals surface area contributed by atoms with Crippen LogP contribution in [0, 0.1) is 6.92 Å². The molecular formula is C37H37ClF3N3O4S. The third-order valence-electron chi connectivity index (χ3n) is 8.56. The van der Waals surface area contributed by atoms with Gasteiger partial charge < -0.3 is 10.2 Å². The molecule has 4 aromatic carbocycles. The van der Waals surface area contributed by atoms with Crippen molar-refractivity contribution in [3.8, 4) is 0 Å². The number of aryl methyl sites for hydroxylation is 1. The van der Waals surface area contributed by atoms with Crippen LogP contribution in [0.2, 0.25) is 5.02 Å². The molecule has 0 aromatic heterocycles. The van der Waals surface area contributed by atoms with E-state index in [1.807, 2.05) is 30.3 Å². The first kappa shape index (κ1) is 35.9. The summed E-state index contributed by atoms with van der Waals surface area (Å²) in [5.41, 5.74) is 0.696. The van der Waals surface area contributed by atoms with Gasteiger partial charge in [0, 0.05) is 24.0 Å². The van der Waals surface area contributed by atoms with Crippen LogP contribution in [0.3, 0.4) is 0 Å². The quantitative estimate of drug-likeness (QED) is 0.164. The zero-order valence-electron chi connectivity index (χ0n) is 26.9. The standard InChI is InChI=1S/C37H37ClF3N3O4S/c1-26-17-19-33(20-18-26)49(47,48)44(32-16-8-12-29(23-32)37(39,40)41)25-35(45)43(24-28-11-7-13-30(38)21-28)34(22-27-9-3-2-4-10-27)36(46)42-31-14-5-6-15-31/h2-4,7-13,16-21,23,31,34H,5-6,14-15,22,24-25H2,1H3,(H,42,46)/t34-/m0/s1. The largest absolute Gasteiger partial charge is 0.416 e. The van der Waals surface area contributed by atoms with Crippen molar-refractivity contribution in [2.75, 3.05) is 10.8 Å². The number of benzene rings is 4. The maximum atomic E-state index is 14.6. The molecule has 2 amide bonds. The number of amides is 2. The molecule has 1 aliphatic rings. The number of nitrogens with zero attached hydrogens (tertiary/aromatic N) is 2. The monoisotopic (exact) mass is 711 g/mol. The van der Waals surface area contributed by atoms with E-state index in [-0.39, 0.29) is 29.6 Å². The zero-order chi connectivity index (χ0) is 35.2. The Hall–Kier alpha value is -4.35. The minimum Gasteiger partial charge on any atom is -0.352 e. The summed E-state index contributed by atoms with van der Waals surface area (Å²) < 4.78 is 70.5. The van der Waals surface area contributed by atoms with Crippen molar-refractivity contribution in [1.82, 2.24) is 10.2 Å². The van der Waals surface area contributed by atoms with Crippen molar-refractivity contribution in [2.45, 2.75) is 68.7 Å². The predicted octanol–water partition coefficient (Wildman–Crippen LogP) is 7.56. The summed E-state index contributed by atoms with van der Waals surface area (Å²) in [5, 5.41) is 3.48. The van der Waals surface area contributed by atoms with Crippen LogP contribution in [-0.4, -0.2) is 43.8 Å². The van der Waals surface area contributed by atoms with Crippen LogP contribution in [-0.2, 0) is 38.8 Å². The Kier molecular flexibility index (Phi) is 11.3. The van der Waals surface area contributed by atoms with E-state index in [2.05, 4.69) is 5.32 Å². The number of halogens is 4. The van der Waals surface area contributed by atoms with Crippen molar-refractivity contribution in [1.29, 1.82) is 0 Å². The molecule has 1 fully saturated rings. The molecule has 0 spiro atoms. The Morgan fingerprint density at radius 2 is 1.53 bits per heavy atom. The topological polar surface area (TPSA) is 86.8 Å². The van der Waals surface area contributed by atoms with Gasteiger partial charge in [0.15, 0.2) is 0 Å². The second-order valence-corrected chi connectivity index (χ2v) is 14.5. The Morgan fingerprint density at radius 3 is 2.18 bits per heavy atom. The number of alkyl halides is 3. The lowest BCUT2D eigenvalue weighted by molar-refractivity contribution is -0.140. The molecule has 1 aliphatic carbocycles. The van der Waals surface area contributed by atoms with E-state index in [4.69, 9.17) is 11.6 Å². The maximum Gasteiger partial charge on any atom is 0.416 e. The van der Waals surface area contributed by atoms with Crippen molar-refractivity contribution in [3.05, 3.63) is 130 Å². The second kappa shape index (κ2) is 15.5. The molecule has 49 heavy (non-hydrogen) atoms. The van der Waals surface area contributed by atoms with E-state index in [1.165, 1.54) is 23.1 Å². The van der Waals surface area contributed by atoms with Crippen molar-refractivity contribution < 1.29 is 31.2 Å². The Balaban J connectivity index is 1.60.